The number of nitriles is 1. The van der Waals surface area contributed by atoms with E-state index in [-0.39, 0.29) is 0 Å². The first-order valence-electron chi connectivity index (χ1n) is 7.12. The average molecular weight is 275 g/mol. The van der Waals surface area contributed by atoms with E-state index in [0.29, 0.717) is 0 Å². The molecule has 3 heteroatoms. The van der Waals surface area contributed by atoms with Crippen molar-refractivity contribution in [3.8, 4) is 6.07 Å². The quantitative estimate of drug-likeness (QED) is 0.724. The van der Waals surface area contributed by atoms with Gasteiger partial charge in [0.15, 0.2) is 0 Å². The fourth-order valence-electron chi connectivity index (χ4n) is 2.66. The lowest BCUT2D eigenvalue weighted by atomic mass is 10.1. The largest absolute Gasteiger partial charge is 0.367 e. The molecule has 0 saturated carbocycles. The number of pyridine rings is 1. The number of hydrogen-bond acceptors (Lipinski definition) is 2. The van der Waals surface area contributed by atoms with Gasteiger partial charge in [0.1, 0.15) is 6.07 Å². The third-order valence-corrected chi connectivity index (χ3v) is 3.74. The molecule has 0 saturated heterocycles. The Kier molecular flexibility index (Phi) is 3.61. The van der Waals surface area contributed by atoms with E-state index in [0.717, 1.165) is 29.7 Å². The summed E-state index contributed by atoms with van der Waals surface area (Å²) in [4.78, 5) is 2.27. The van der Waals surface area contributed by atoms with Crippen LogP contribution in [0.2, 0.25) is 0 Å². The average Bonchev–Trinajstić information content (AvgIpc) is 2.90. The van der Waals surface area contributed by atoms with Gasteiger partial charge in [-0.15, -0.1) is 0 Å². The Morgan fingerprint density at radius 3 is 2.57 bits per heavy atom. The van der Waals surface area contributed by atoms with Crippen molar-refractivity contribution in [1.82, 2.24) is 4.40 Å². The maximum atomic E-state index is 9.48. The third-order valence-electron chi connectivity index (χ3n) is 3.74. The van der Waals surface area contributed by atoms with Gasteiger partial charge in [0.05, 0.1) is 11.1 Å². The standard InChI is InChI=1S/C18H17N3/c1-2-20(16-8-4-3-5-9-16)13-15-14-21-11-7-6-10-18(21)17(15)12-19/h3-11,14H,2,13H2,1H3. The van der Waals surface area contributed by atoms with Crippen molar-refractivity contribution in [3.05, 3.63) is 72.1 Å². The zero-order valence-corrected chi connectivity index (χ0v) is 12.0. The van der Waals surface area contributed by atoms with Crippen molar-refractivity contribution in [2.75, 3.05) is 11.4 Å². The Morgan fingerprint density at radius 2 is 1.86 bits per heavy atom. The summed E-state index contributed by atoms with van der Waals surface area (Å²) in [5.74, 6) is 0. The first-order chi connectivity index (χ1) is 10.3. The number of rotatable bonds is 4. The van der Waals surface area contributed by atoms with Crippen LogP contribution in [0.15, 0.2) is 60.9 Å². The second kappa shape index (κ2) is 5.72. The summed E-state index contributed by atoms with van der Waals surface area (Å²) in [6, 6.07) is 18.6. The van der Waals surface area contributed by atoms with E-state index in [1.807, 2.05) is 47.0 Å². The second-order valence-electron chi connectivity index (χ2n) is 4.98. The van der Waals surface area contributed by atoms with Gasteiger partial charge >= 0.3 is 0 Å². The molecule has 0 atom stereocenters. The van der Waals surface area contributed by atoms with E-state index in [1.54, 1.807) is 0 Å². The Bertz CT molecular complexity index is 781. The smallest absolute Gasteiger partial charge is 0.102 e. The summed E-state index contributed by atoms with van der Waals surface area (Å²) >= 11 is 0. The van der Waals surface area contributed by atoms with E-state index >= 15 is 0 Å². The van der Waals surface area contributed by atoms with Gasteiger partial charge in [-0.2, -0.15) is 5.26 Å². The van der Waals surface area contributed by atoms with Crippen LogP contribution in [0.1, 0.15) is 18.1 Å². The predicted molar refractivity (Wildman–Crippen MR) is 85.3 cm³/mol. The summed E-state index contributed by atoms with van der Waals surface area (Å²) in [6.45, 7) is 3.78. The van der Waals surface area contributed by atoms with Gasteiger partial charge in [0, 0.05) is 36.7 Å². The third kappa shape index (κ3) is 2.48. The van der Waals surface area contributed by atoms with Gasteiger partial charge < -0.3 is 9.30 Å². The molecule has 104 valence electrons. The molecular weight excluding hydrogens is 258 g/mol. The number of para-hydroxylation sites is 1. The zero-order chi connectivity index (χ0) is 14.7. The SMILES string of the molecule is CCN(Cc1cn2ccccc2c1C#N)c1ccccc1. The van der Waals surface area contributed by atoms with E-state index in [9.17, 15) is 5.26 Å². The molecule has 0 aliphatic carbocycles. The normalized spacial score (nSPS) is 10.5. The number of anilines is 1. The van der Waals surface area contributed by atoms with Crippen LogP contribution in [0, 0.1) is 11.3 Å². The zero-order valence-electron chi connectivity index (χ0n) is 12.0. The minimum absolute atomic E-state index is 0.741. The first kappa shape index (κ1) is 13.3. The Morgan fingerprint density at radius 1 is 1.10 bits per heavy atom. The number of hydrogen-bond donors (Lipinski definition) is 0. The summed E-state index contributed by atoms with van der Waals surface area (Å²) < 4.78 is 2.02. The topological polar surface area (TPSA) is 31.4 Å². The predicted octanol–water partition coefficient (Wildman–Crippen LogP) is 3.84. The van der Waals surface area contributed by atoms with Crippen molar-refractivity contribution >= 4 is 11.2 Å². The molecule has 1 aromatic carbocycles. The lowest BCUT2D eigenvalue weighted by Crippen LogP contribution is -2.22. The maximum Gasteiger partial charge on any atom is 0.102 e. The highest BCUT2D eigenvalue weighted by Crippen LogP contribution is 2.22. The highest BCUT2D eigenvalue weighted by Gasteiger charge is 2.13. The first-order valence-corrected chi connectivity index (χ1v) is 7.12. The van der Waals surface area contributed by atoms with Crippen LogP contribution in [-0.2, 0) is 6.54 Å². The molecule has 0 unspecified atom stereocenters. The Hall–Kier alpha value is -2.73. The van der Waals surface area contributed by atoms with Crippen LogP contribution >= 0.6 is 0 Å². The maximum absolute atomic E-state index is 9.48. The number of fused-ring (bicyclic) bond motifs is 1. The molecule has 2 aromatic heterocycles. The lowest BCUT2D eigenvalue weighted by molar-refractivity contribution is 0.830. The monoisotopic (exact) mass is 275 g/mol. The van der Waals surface area contributed by atoms with E-state index in [4.69, 9.17) is 0 Å². The molecular formula is C18H17N3. The van der Waals surface area contributed by atoms with Crippen molar-refractivity contribution < 1.29 is 0 Å². The molecule has 0 aliphatic rings. The van der Waals surface area contributed by atoms with Gasteiger partial charge in [-0.25, -0.2) is 0 Å². The Balaban J connectivity index is 1.99. The van der Waals surface area contributed by atoms with Gasteiger partial charge in [-0.3, -0.25) is 0 Å². The molecule has 0 aliphatic heterocycles. The molecule has 3 aromatic rings. The summed E-state index contributed by atoms with van der Waals surface area (Å²) in [5, 5.41) is 9.48. The Labute approximate surface area is 124 Å². The number of benzene rings is 1. The summed E-state index contributed by atoms with van der Waals surface area (Å²) in [5.41, 5.74) is 3.98. The molecule has 0 N–H and O–H groups in total. The van der Waals surface area contributed by atoms with Gasteiger partial charge in [0.2, 0.25) is 0 Å². The van der Waals surface area contributed by atoms with Crippen LogP contribution in [-0.4, -0.2) is 10.9 Å². The minimum Gasteiger partial charge on any atom is -0.367 e. The van der Waals surface area contributed by atoms with Crippen molar-refractivity contribution in [2.45, 2.75) is 13.5 Å². The van der Waals surface area contributed by atoms with Crippen molar-refractivity contribution in [1.29, 1.82) is 5.26 Å². The van der Waals surface area contributed by atoms with Gasteiger partial charge in [0.25, 0.3) is 0 Å². The van der Waals surface area contributed by atoms with Crippen LogP contribution in [0.5, 0.6) is 0 Å². The van der Waals surface area contributed by atoms with Crippen molar-refractivity contribution in [2.24, 2.45) is 0 Å². The molecule has 3 rings (SSSR count). The fourth-order valence-corrected chi connectivity index (χ4v) is 2.66. The molecule has 0 amide bonds. The molecule has 2 heterocycles. The summed E-state index contributed by atoms with van der Waals surface area (Å²) in [6.07, 6.45) is 4.04. The summed E-state index contributed by atoms with van der Waals surface area (Å²) in [7, 11) is 0. The van der Waals surface area contributed by atoms with Crippen LogP contribution in [0.3, 0.4) is 0 Å². The minimum atomic E-state index is 0.741. The number of nitrogens with zero attached hydrogens (tertiary/aromatic N) is 3. The molecule has 21 heavy (non-hydrogen) atoms. The van der Waals surface area contributed by atoms with E-state index < -0.39 is 0 Å². The van der Waals surface area contributed by atoms with E-state index in [1.165, 1.54) is 5.69 Å². The molecule has 0 fully saturated rings. The lowest BCUT2D eigenvalue weighted by Gasteiger charge is -2.22. The van der Waals surface area contributed by atoms with Crippen LogP contribution in [0.25, 0.3) is 5.52 Å². The van der Waals surface area contributed by atoms with Crippen LogP contribution < -0.4 is 4.90 Å². The van der Waals surface area contributed by atoms with Gasteiger partial charge in [-0.05, 0) is 31.2 Å². The van der Waals surface area contributed by atoms with Crippen molar-refractivity contribution in [3.63, 3.8) is 0 Å². The van der Waals surface area contributed by atoms with Gasteiger partial charge in [-0.1, -0.05) is 24.3 Å². The highest BCUT2D eigenvalue weighted by atomic mass is 15.1. The molecule has 0 spiro atoms. The van der Waals surface area contributed by atoms with Crippen LogP contribution in [0.4, 0.5) is 5.69 Å². The molecule has 0 bridgehead atoms. The fraction of sp³-hybridized carbons (Fsp3) is 0.167. The van der Waals surface area contributed by atoms with E-state index in [2.05, 4.69) is 36.2 Å². The number of aromatic nitrogens is 1. The second-order valence-corrected chi connectivity index (χ2v) is 4.98. The molecule has 3 nitrogen and oxygen atoms in total. The highest BCUT2D eigenvalue weighted by molar-refractivity contribution is 5.65. The molecule has 0 radical (unpaired) electrons.